The lowest BCUT2D eigenvalue weighted by Crippen LogP contribution is -2.25. The molecule has 1 aromatic carbocycles. The third-order valence-electron chi connectivity index (χ3n) is 4.05. The lowest BCUT2D eigenvalue weighted by molar-refractivity contribution is 0.0696. The molecule has 0 amide bonds. The second kappa shape index (κ2) is 5.64. The number of carbonyl (C=O) groups is 1. The van der Waals surface area contributed by atoms with Crippen molar-refractivity contribution in [1.29, 1.82) is 0 Å². The Balaban J connectivity index is 1.95. The number of rotatable bonds is 3. The van der Waals surface area contributed by atoms with Crippen LogP contribution in [0.1, 0.15) is 21.6 Å². The number of benzene rings is 1. The van der Waals surface area contributed by atoms with E-state index in [1.165, 1.54) is 5.56 Å². The van der Waals surface area contributed by atoms with Gasteiger partial charge in [-0.15, -0.1) is 11.3 Å². The van der Waals surface area contributed by atoms with Gasteiger partial charge in [-0.3, -0.25) is 0 Å². The Morgan fingerprint density at radius 3 is 2.91 bits per heavy atom. The topological polar surface area (TPSA) is 67.1 Å². The van der Waals surface area contributed by atoms with Crippen molar-refractivity contribution in [2.24, 2.45) is 0 Å². The van der Waals surface area contributed by atoms with Gasteiger partial charge in [-0.05, 0) is 23.6 Å². The zero-order chi connectivity index (χ0) is 15.8. The quantitative estimate of drug-likeness (QED) is 0.777. The van der Waals surface area contributed by atoms with Crippen molar-refractivity contribution in [3.63, 3.8) is 0 Å². The van der Waals surface area contributed by atoms with Gasteiger partial charge in [-0.2, -0.15) is 5.10 Å². The molecule has 0 aliphatic carbocycles. The second-order valence-electron chi connectivity index (χ2n) is 5.41. The maximum Gasteiger partial charge on any atom is 0.337 e. The summed E-state index contributed by atoms with van der Waals surface area (Å²) >= 11 is 1.65. The van der Waals surface area contributed by atoms with Crippen molar-refractivity contribution < 1.29 is 9.90 Å². The maximum absolute atomic E-state index is 11.5. The van der Waals surface area contributed by atoms with Gasteiger partial charge in [-0.25, -0.2) is 9.48 Å². The third-order valence-corrected chi connectivity index (χ3v) is 4.92. The standard InChI is InChI=1S/C17H15N3O2S/c21-17(22)11-4-1-2-5-13(11)20-14-7-8-18-10-12(14)16(19-20)15-6-3-9-23-15/h1-6,9,18H,7-8,10H2,(H,21,22). The molecule has 0 spiro atoms. The van der Waals surface area contributed by atoms with Gasteiger partial charge in [-0.1, -0.05) is 18.2 Å². The number of carboxylic acid groups (broad SMARTS) is 1. The number of aromatic nitrogens is 2. The first-order valence-corrected chi connectivity index (χ1v) is 8.31. The van der Waals surface area contributed by atoms with Gasteiger partial charge in [0.2, 0.25) is 0 Å². The molecular weight excluding hydrogens is 310 g/mol. The fourth-order valence-corrected chi connectivity index (χ4v) is 3.73. The Morgan fingerprint density at radius 2 is 2.13 bits per heavy atom. The minimum absolute atomic E-state index is 0.272. The SMILES string of the molecule is O=C(O)c1ccccc1-n1nc(-c2cccs2)c2c1CCNC2. The van der Waals surface area contributed by atoms with Crippen LogP contribution in [0.4, 0.5) is 0 Å². The van der Waals surface area contributed by atoms with Gasteiger partial charge in [0.25, 0.3) is 0 Å². The molecule has 1 aliphatic rings. The summed E-state index contributed by atoms with van der Waals surface area (Å²) in [5.41, 5.74) is 4.11. The first-order valence-electron chi connectivity index (χ1n) is 7.44. The second-order valence-corrected chi connectivity index (χ2v) is 6.36. The molecule has 4 rings (SSSR count). The van der Waals surface area contributed by atoms with Crippen LogP contribution in [0.5, 0.6) is 0 Å². The molecule has 6 heteroatoms. The predicted molar refractivity (Wildman–Crippen MR) is 89.2 cm³/mol. The number of para-hydroxylation sites is 1. The molecule has 0 atom stereocenters. The highest BCUT2D eigenvalue weighted by molar-refractivity contribution is 7.13. The number of hydrogen-bond donors (Lipinski definition) is 2. The van der Waals surface area contributed by atoms with Crippen LogP contribution in [-0.4, -0.2) is 27.4 Å². The van der Waals surface area contributed by atoms with Crippen LogP contribution in [0.25, 0.3) is 16.3 Å². The van der Waals surface area contributed by atoms with E-state index in [-0.39, 0.29) is 5.56 Å². The largest absolute Gasteiger partial charge is 0.478 e. The Morgan fingerprint density at radius 1 is 1.26 bits per heavy atom. The number of aromatic carboxylic acids is 1. The summed E-state index contributed by atoms with van der Waals surface area (Å²) < 4.78 is 1.81. The van der Waals surface area contributed by atoms with Crippen molar-refractivity contribution in [1.82, 2.24) is 15.1 Å². The minimum Gasteiger partial charge on any atom is -0.478 e. The van der Waals surface area contributed by atoms with Gasteiger partial charge in [0.05, 0.1) is 21.8 Å². The van der Waals surface area contributed by atoms with Crippen LogP contribution in [0.15, 0.2) is 41.8 Å². The van der Waals surface area contributed by atoms with E-state index in [9.17, 15) is 9.90 Å². The zero-order valence-corrected chi connectivity index (χ0v) is 13.1. The molecule has 2 aromatic heterocycles. The van der Waals surface area contributed by atoms with Crippen LogP contribution in [0.3, 0.4) is 0 Å². The molecule has 1 aliphatic heterocycles. The number of nitrogens with one attached hydrogen (secondary N) is 1. The molecule has 116 valence electrons. The van der Waals surface area contributed by atoms with E-state index in [1.54, 1.807) is 23.5 Å². The molecule has 0 saturated heterocycles. The smallest absolute Gasteiger partial charge is 0.337 e. The van der Waals surface area contributed by atoms with E-state index in [4.69, 9.17) is 5.10 Å². The highest BCUT2D eigenvalue weighted by Gasteiger charge is 2.24. The third kappa shape index (κ3) is 2.36. The molecule has 0 radical (unpaired) electrons. The summed E-state index contributed by atoms with van der Waals surface area (Å²) in [6.07, 6.45) is 0.835. The summed E-state index contributed by atoms with van der Waals surface area (Å²) in [6, 6.07) is 11.1. The fraction of sp³-hybridized carbons (Fsp3) is 0.176. The molecule has 3 heterocycles. The molecule has 5 nitrogen and oxygen atoms in total. The highest BCUT2D eigenvalue weighted by Crippen LogP contribution is 2.32. The van der Waals surface area contributed by atoms with E-state index >= 15 is 0 Å². The van der Waals surface area contributed by atoms with E-state index < -0.39 is 5.97 Å². The molecule has 0 saturated carbocycles. The monoisotopic (exact) mass is 325 g/mol. The number of nitrogens with zero attached hydrogens (tertiary/aromatic N) is 2. The lowest BCUT2D eigenvalue weighted by atomic mass is 10.1. The van der Waals surface area contributed by atoms with Crippen molar-refractivity contribution in [3.05, 3.63) is 58.6 Å². The Hall–Kier alpha value is -2.44. The molecule has 0 unspecified atom stereocenters. The zero-order valence-electron chi connectivity index (χ0n) is 12.3. The maximum atomic E-state index is 11.5. The Bertz CT molecular complexity index is 868. The van der Waals surface area contributed by atoms with Crippen LogP contribution in [0, 0.1) is 0 Å². The molecule has 3 aromatic rings. The minimum atomic E-state index is -0.934. The fourth-order valence-electron chi connectivity index (χ4n) is 3.00. The van der Waals surface area contributed by atoms with E-state index in [0.29, 0.717) is 5.69 Å². The van der Waals surface area contributed by atoms with Gasteiger partial charge in [0.1, 0.15) is 5.69 Å². The summed E-state index contributed by atoms with van der Waals surface area (Å²) in [4.78, 5) is 12.7. The highest BCUT2D eigenvalue weighted by atomic mass is 32.1. The normalized spacial score (nSPS) is 13.7. The van der Waals surface area contributed by atoms with Crippen molar-refractivity contribution in [2.75, 3.05) is 6.54 Å². The van der Waals surface area contributed by atoms with E-state index in [2.05, 4.69) is 11.4 Å². The molecule has 0 bridgehead atoms. The Kier molecular flexibility index (Phi) is 3.48. The van der Waals surface area contributed by atoms with Crippen molar-refractivity contribution >= 4 is 17.3 Å². The van der Waals surface area contributed by atoms with Gasteiger partial charge >= 0.3 is 5.97 Å². The molecule has 2 N–H and O–H groups in total. The van der Waals surface area contributed by atoms with Crippen LogP contribution in [-0.2, 0) is 13.0 Å². The van der Waals surface area contributed by atoms with E-state index in [0.717, 1.165) is 35.8 Å². The molecular formula is C17H15N3O2S. The average molecular weight is 325 g/mol. The number of carboxylic acids is 1. The number of thiophene rings is 1. The lowest BCUT2D eigenvalue weighted by Gasteiger charge is -2.16. The van der Waals surface area contributed by atoms with E-state index in [1.807, 2.05) is 28.3 Å². The van der Waals surface area contributed by atoms with Gasteiger partial charge in [0.15, 0.2) is 0 Å². The average Bonchev–Trinajstić information content (AvgIpc) is 3.22. The first-order chi connectivity index (χ1) is 11.3. The molecule has 0 fully saturated rings. The Labute approximate surface area is 137 Å². The predicted octanol–water partition coefficient (Wildman–Crippen LogP) is 2.94. The van der Waals surface area contributed by atoms with Crippen LogP contribution in [0.2, 0.25) is 0 Å². The van der Waals surface area contributed by atoms with Crippen molar-refractivity contribution in [2.45, 2.75) is 13.0 Å². The van der Waals surface area contributed by atoms with Gasteiger partial charge < -0.3 is 10.4 Å². The summed E-state index contributed by atoms with van der Waals surface area (Å²) in [6.45, 7) is 1.63. The summed E-state index contributed by atoms with van der Waals surface area (Å²) in [7, 11) is 0. The van der Waals surface area contributed by atoms with Crippen molar-refractivity contribution in [3.8, 4) is 16.3 Å². The van der Waals surface area contributed by atoms with Gasteiger partial charge in [0, 0.05) is 25.1 Å². The van der Waals surface area contributed by atoms with Crippen LogP contribution < -0.4 is 5.32 Å². The van der Waals surface area contributed by atoms with Crippen LogP contribution >= 0.6 is 11.3 Å². The summed E-state index contributed by atoms with van der Waals surface area (Å²) in [5.74, 6) is -0.934. The summed E-state index contributed by atoms with van der Waals surface area (Å²) in [5, 5.41) is 19.7. The number of hydrogen-bond acceptors (Lipinski definition) is 4. The molecule has 23 heavy (non-hydrogen) atoms. The number of fused-ring (bicyclic) bond motifs is 1. The first kappa shape index (κ1) is 14.2.